The van der Waals surface area contributed by atoms with Crippen LogP contribution in [0.2, 0.25) is 5.02 Å². The summed E-state index contributed by atoms with van der Waals surface area (Å²) in [5.74, 6) is -0.202. The van der Waals surface area contributed by atoms with Crippen LogP contribution < -0.4 is 5.43 Å². The largest absolute Gasteiger partial charge is 0.273 e. The number of hydrogen-bond acceptors (Lipinski definition) is 2. The summed E-state index contributed by atoms with van der Waals surface area (Å²) in [5.41, 5.74) is 8.08. The predicted molar refractivity (Wildman–Crippen MR) is 118 cm³/mol. The number of nitrogens with one attached hydrogen (secondary N) is 1. The van der Waals surface area contributed by atoms with Gasteiger partial charge in [-0.2, -0.15) is 5.10 Å². The van der Waals surface area contributed by atoms with Gasteiger partial charge in [0.05, 0.1) is 12.1 Å². The van der Waals surface area contributed by atoms with Crippen LogP contribution in [-0.4, -0.2) is 12.1 Å². The van der Waals surface area contributed by atoms with Gasteiger partial charge in [-0.3, -0.25) is 4.79 Å². The van der Waals surface area contributed by atoms with E-state index in [0.29, 0.717) is 5.02 Å². The first-order valence-electron chi connectivity index (χ1n) is 9.72. The lowest BCUT2D eigenvalue weighted by atomic mass is 9.84. The molecule has 0 aliphatic heterocycles. The van der Waals surface area contributed by atoms with E-state index in [4.69, 9.17) is 11.6 Å². The van der Waals surface area contributed by atoms with E-state index in [0.717, 1.165) is 12.0 Å². The maximum absolute atomic E-state index is 12.9. The van der Waals surface area contributed by atoms with Crippen LogP contribution in [0.4, 0.5) is 0 Å². The second kappa shape index (κ2) is 7.84. The number of nitrogens with zero attached hydrogens (tertiary/aromatic N) is 1. The smallest absolute Gasteiger partial charge is 0.244 e. The highest BCUT2D eigenvalue weighted by molar-refractivity contribution is 6.30. The highest BCUT2D eigenvalue weighted by Gasteiger charge is 2.60. The summed E-state index contributed by atoms with van der Waals surface area (Å²) >= 11 is 5.90. The van der Waals surface area contributed by atoms with Crippen LogP contribution in [0.15, 0.2) is 77.9 Å². The summed E-state index contributed by atoms with van der Waals surface area (Å²) < 4.78 is 0. The van der Waals surface area contributed by atoms with Crippen molar-refractivity contribution in [3.63, 3.8) is 0 Å². The Hall–Kier alpha value is -2.91. The van der Waals surface area contributed by atoms with Crippen LogP contribution in [-0.2, 0) is 10.2 Å². The minimum atomic E-state index is -0.294. The summed E-state index contributed by atoms with van der Waals surface area (Å²) in [6.07, 6.45) is 2.42. The third-order valence-corrected chi connectivity index (χ3v) is 5.85. The zero-order valence-corrected chi connectivity index (χ0v) is 17.3. The molecular weight excluding hydrogens is 380 g/mol. The number of aryl methyl sites for hydroxylation is 2. The summed E-state index contributed by atoms with van der Waals surface area (Å²) in [6, 6.07) is 24.2. The van der Waals surface area contributed by atoms with E-state index in [1.807, 2.05) is 12.1 Å². The monoisotopic (exact) mass is 402 g/mol. The van der Waals surface area contributed by atoms with Gasteiger partial charge in [0.25, 0.3) is 0 Å². The van der Waals surface area contributed by atoms with Gasteiger partial charge in [0.2, 0.25) is 5.91 Å². The van der Waals surface area contributed by atoms with Gasteiger partial charge >= 0.3 is 0 Å². The highest BCUT2D eigenvalue weighted by Crippen LogP contribution is 2.59. The first-order valence-corrected chi connectivity index (χ1v) is 10.1. The molecule has 1 saturated carbocycles. The molecule has 1 fully saturated rings. The van der Waals surface area contributed by atoms with E-state index in [1.54, 1.807) is 18.3 Å². The van der Waals surface area contributed by atoms with Crippen molar-refractivity contribution in [2.45, 2.75) is 25.7 Å². The van der Waals surface area contributed by atoms with Gasteiger partial charge in [-0.15, -0.1) is 0 Å². The van der Waals surface area contributed by atoms with Gasteiger partial charge in [-0.25, -0.2) is 5.43 Å². The van der Waals surface area contributed by atoms with Crippen LogP contribution in [0, 0.1) is 19.8 Å². The van der Waals surface area contributed by atoms with E-state index in [1.165, 1.54) is 22.3 Å². The molecule has 3 aromatic rings. The second-order valence-corrected chi connectivity index (χ2v) is 8.19. The molecule has 1 atom stereocenters. The van der Waals surface area contributed by atoms with E-state index < -0.39 is 0 Å². The van der Waals surface area contributed by atoms with E-state index in [9.17, 15) is 4.79 Å². The fraction of sp³-hybridized carbons (Fsp3) is 0.200. The van der Waals surface area contributed by atoms with Crippen LogP contribution in [0.1, 0.15) is 34.2 Å². The molecule has 0 spiro atoms. The Labute approximate surface area is 176 Å². The Bertz CT molecular complexity index is 1030. The van der Waals surface area contributed by atoms with Gasteiger partial charge in [0, 0.05) is 10.4 Å². The molecule has 4 rings (SSSR count). The normalized spacial score (nSPS) is 17.3. The Morgan fingerprint density at radius 2 is 1.59 bits per heavy atom. The molecule has 1 N–H and O–H groups in total. The fourth-order valence-corrected chi connectivity index (χ4v) is 4.15. The second-order valence-electron chi connectivity index (χ2n) is 7.75. The molecule has 1 aliphatic rings. The maximum Gasteiger partial charge on any atom is 0.244 e. The summed E-state index contributed by atoms with van der Waals surface area (Å²) in [4.78, 5) is 12.9. The lowest BCUT2D eigenvalue weighted by Crippen LogP contribution is -2.25. The first-order chi connectivity index (χ1) is 14.0. The van der Waals surface area contributed by atoms with Crippen molar-refractivity contribution < 1.29 is 4.79 Å². The zero-order chi connectivity index (χ0) is 20.4. The van der Waals surface area contributed by atoms with Crippen molar-refractivity contribution in [2.75, 3.05) is 0 Å². The van der Waals surface area contributed by atoms with Gasteiger partial charge in [0.15, 0.2) is 0 Å². The Morgan fingerprint density at radius 1 is 1.00 bits per heavy atom. The minimum Gasteiger partial charge on any atom is -0.273 e. The minimum absolute atomic E-state index is 0.0572. The molecule has 0 aromatic heterocycles. The number of hydrogen-bond donors (Lipinski definition) is 1. The molecule has 0 bridgehead atoms. The number of amides is 1. The Morgan fingerprint density at radius 3 is 2.14 bits per heavy atom. The third-order valence-electron chi connectivity index (χ3n) is 5.60. The highest BCUT2D eigenvalue weighted by atomic mass is 35.5. The maximum atomic E-state index is 12.9. The molecular formula is C25H23ClN2O. The first kappa shape index (κ1) is 19.4. The average Bonchev–Trinajstić information content (AvgIpc) is 3.47. The van der Waals surface area contributed by atoms with Crippen molar-refractivity contribution >= 4 is 23.7 Å². The van der Waals surface area contributed by atoms with Gasteiger partial charge in [-0.05, 0) is 49.1 Å². The molecule has 3 nitrogen and oxygen atoms in total. The van der Waals surface area contributed by atoms with Crippen LogP contribution >= 0.6 is 11.6 Å². The number of halogens is 1. The number of hydrazone groups is 1. The quantitative estimate of drug-likeness (QED) is 0.449. The molecule has 4 heteroatoms. The molecule has 1 aliphatic carbocycles. The molecule has 0 saturated heterocycles. The van der Waals surface area contributed by atoms with Gasteiger partial charge in [0.1, 0.15) is 0 Å². The molecule has 3 aromatic carbocycles. The molecule has 29 heavy (non-hydrogen) atoms. The average molecular weight is 403 g/mol. The van der Waals surface area contributed by atoms with Crippen LogP contribution in [0.25, 0.3) is 0 Å². The molecule has 1 amide bonds. The topological polar surface area (TPSA) is 41.5 Å². The number of rotatable bonds is 5. The van der Waals surface area contributed by atoms with Crippen molar-refractivity contribution in [1.82, 2.24) is 5.43 Å². The van der Waals surface area contributed by atoms with Crippen molar-refractivity contribution in [2.24, 2.45) is 11.0 Å². The lowest BCUT2D eigenvalue weighted by Gasteiger charge is -2.19. The van der Waals surface area contributed by atoms with E-state index in [2.05, 4.69) is 72.9 Å². The lowest BCUT2D eigenvalue weighted by molar-refractivity contribution is -0.122. The van der Waals surface area contributed by atoms with Crippen molar-refractivity contribution in [3.05, 3.63) is 106 Å². The summed E-state index contributed by atoms with van der Waals surface area (Å²) in [5, 5.41) is 4.82. The summed E-state index contributed by atoms with van der Waals surface area (Å²) in [6.45, 7) is 4.17. The summed E-state index contributed by atoms with van der Waals surface area (Å²) in [7, 11) is 0. The fourth-order valence-electron chi connectivity index (χ4n) is 4.03. The standard InChI is InChI=1S/C25H23ClN2O/c1-17-5-3-7-20(13-17)25(21-8-4-6-18(2)14-21)15-23(25)24(29)28-27-16-19-9-11-22(26)12-10-19/h3-14,16,23H,15H2,1-2H3,(H,28,29). The van der Waals surface area contributed by atoms with Crippen molar-refractivity contribution in [1.29, 1.82) is 0 Å². The third kappa shape index (κ3) is 3.96. The molecule has 1 unspecified atom stereocenters. The SMILES string of the molecule is Cc1cccc(C2(c3cccc(C)c3)CC2C(=O)NN=Cc2ccc(Cl)cc2)c1. The van der Waals surface area contributed by atoms with Crippen LogP contribution in [0.5, 0.6) is 0 Å². The van der Waals surface area contributed by atoms with E-state index in [-0.39, 0.29) is 17.2 Å². The van der Waals surface area contributed by atoms with Crippen molar-refractivity contribution in [3.8, 4) is 0 Å². The van der Waals surface area contributed by atoms with E-state index >= 15 is 0 Å². The number of carbonyl (C=O) groups excluding carboxylic acids is 1. The molecule has 0 heterocycles. The molecule has 146 valence electrons. The Kier molecular flexibility index (Phi) is 5.25. The zero-order valence-electron chi connectivity index (χ0n) is 16.5. The van der Waals surface area contributed by atoms with Crippen LogP contribution in [0.3, 0.4) is 0 Å². The van der Waals surface area contributed by atoms with Gasteiger partial charge in [-0.1, -0.05) is 83.4 Å². The Balaban J connectivity index is 1.58. The van der Waals surface area contributed by atoms with Gasteiger partial charge < -0.3 is 0 Å². The predicted octanol–water partition coefficient (Wildman–Crippen LogP) is 5.41. The molecule has 0 radical (unpaired) electrons. The number of carbonyl (C=O) groups is 1. The number of benzene rings is 3.